The number of carbonyl (C=O) groups is 1. The smallest absolute Gasteiger partial charge is 0.226 e. The van der Waals surface area contributed by atoms with Crippen LogP contribution in [0.25, 0.3) is 0 Å². The SMILES string of the molecule is COCC[C@H](Cc1cccc(Br)c1)C(=O)N(C)CC#N. The van der Waals surface area contributed by atoms with E-state index >= 15 is 0 Å². The van der Waals surface area contributed by atoms with Gasteiger partial charge in [-0.3, -0.25) is 4.79 Å². The van der Waals surface area contributed by atoms with Crippen LogP contribution in [-0.2, 0) is 16.0 Å². The van der Waals surface area contributed by atoms with Crippen molar-refractivity contribution in [2.24, 2.45) is 5.92 Å². The van der Waals surface area contributed by atoms with Gasteiger partial charge in [0, 0.05) is 31.2 Å². The monoisotopic (exact) mass is 338 g/mol. The topological polar surface area (TPSA) is 53.3 Å². The maximum absolute atomic E-state index is 12.3. The van der Waals surface area contributed by atoms with Crippen molar-refractivity contribution in [1.82, 2.24) is 4.90 Å². The Hall–Kier alpha value is -1.38. The van der Waals surface area contributed by atoms with Gasteiger partial charge in [0.25, 0.3) is 0 Å². The van der Waals surface area contributed by atoms with Gasteiger partial charge in [0.2, 0.25) is 5.91 Å². The second kappa shape index (κ2) is 8.72. The third-order valence-corrected chi connectivity index (χ3v) is 3.57. The Morgan fingerprint density at radius 1 is 1.55 bits per heavy atom. The van der Waals surface area contributed by atoms with E-state index in [-0.39, 0.29) is 18.4 Å². The van der Waals surface area contributed by atoms with Gasteiger partial charge in [-0.2, -0.15) is 5.26 Å². The number of halogens is 1. The molecule has 1 aromatic carbocycles. The van der Waals surface area contributed by atoms with E-state index < -0.39 is 0 Å². The number of hydrogen-bond donors (Lipinski definition) is 0. The molecule has 0 aromatic heterocycles. The molecule has 0 spiro atoms. The van der Waals surface area contributed by atoms with E-state index in [0.29, 0.717) is 19.4 Å². The lowest BCUT2D eigenvalue weighted by molar-refractivity contribution is -0.134. The molecule has 0 aliphatic rings. The summed E-state index contributed by atoms with van der Waals surface area (Å²) in [5.41, 5.74) is 1.10. The van der Waals surface area contributed by atoms with Gasteiger partial charge in [-0.05, 0) is 30.5 Å². The first kappa shape index (κ1) is 16.7. The Balaban J connectivity index is 2.78. The Bertz CT molecular complexity index is 485. The molecular formula is C15H19BrN2O2. The van der Waals surface area contributed by atoms with E-state index in [4.69, 9.17) is 10.00 Å². The van der Waals surface area contributed by atoms with E-state index in [1.165, 1.54) is 4.90 Å². The lowest BCUT2D eigenvalue weighted by atomic mass is 9.95. The van der Waals surface area contributed by atoms with Crippen LogP contribution >= 0.6 is 15.9 Å². The minimum Gasteiger partial charge on any atom is -0.385 e. The molecule has 0 saturated heterocycles. The maximum Gasteiger partial charge on any atom is 0.226 e. The molecule has 0 aliphatic heterocycles. The summed E-state index contributed by atoms with van der Waals surface area (Å²) < 4.78 is 6.08. The van der Waals surface area contributed by atoms with Crippen molar-refractivity contribution < 1.29 is 9.53 Å². The highest BCUT2D eigenvalue weighted by atomic mass is 79.9. The molecule has 0 heterocycles. The minimum absolute atomic E-state index is 0.0106. The third kappa shape index (κ3) is 5.32. The Morgan fingerprint density at radius 2 is 2.30 bits per heavy atom. The lowest BCUT2D eigenvalue weighted by Crippen LogP contribution is -2.34. The summed E-state index contributed by atoms with van der Waals surface area (Å²) in [6.07, 6.45) is 1.30. The summed E-state index contributed by atoms with van der Waals surface area (Å²) in [7, 11) is 3.28. The number of hydrogen-bond acceptors (Lipinski definition) is 3. The van der Waals surface area contributed by atoms with Gasteiger partial charge in [0.1, 0.15) is 6.54 Å². The van der Waals surface area contributed by atoms with Crippen LogP contribution < -0.4 is 0 Å². The number of nitriles is 1. The molecule has 0 saturated carbocycles. The van der Waals surface area contributed by atoms with E-state index in [2.05, 4.69) is 15.9 Å². The molecule has 4 nitrogen and oxygen atoms in total. The predicted octanol–water partition coefficient (Wildman–Crippen LogP) is 2.63. The molecule has 1 rings (SSSR count). The van der Waals surface area contributed by atoms with Gasteiger partial charge >= 0.3 is 0 Å². The first-order chi connectivity index (χ1) is 9.58. The number of benzene rings is 1. The molecule has 0 radical (unpaired) electrons. The van der Waals surface area contributed by atoms with Gasteiger partial charge in [-0.25, -0.2) is 0 Å². The van der Waals surface area contributed by atoms with Crippen LogP contribution in [0, 0.1) is 17.2 Å². The highest BCUT2D eigenvalue weighted by Gasteiger charge is 2.22. The zero-order valence-electron chi connectivity index (χ0n) is 11.8. The van der Waals surface area contributed by atoms with Crippen molar-refractivity contribution in [3.05, 3.63) is 34.3 Å². The zero-order valence-corrected chi connectivity index (χ0v) is 13.4. The van der Waals surface area contributed by atoms with Crippen molar-refractivity contribution in [3.63, 3.8) is 0 Å². The van der Waals surface area contributed by atoms with Gasteiger partial charge in [0.05, 0.1) is 6.07 Å². The summed E-state index contributed by atoms with van der Waals surface area (Å²) in [6, 6.07) is 9.92. The number of amides is 1. The van der Waals surface area contributed by atoms with Gasteiger partial charge in [0.15, 0.2) is 0 Å². The largest absolute Gasteiger partial charge is 0.385 e. The lowest BCUT2D eigenvalue weighted by Gasteiger charge is -2.22. The molecular weight excluding hydrogens is 320 g/mol. The Labute approximate surface area is 128 Å². The molecule has 1 amide bonds. The van der Waals surface area contributed by atoms with Gasteiger partial charge in [-0.1, -0.05) is 28.1 Å². The van der Waals surface area contributed by atoms with E-state index in [9.17, 15) is 4.79 Å². The van der Waals surface area contributed by atoms with E-state index in [0.717, 1.165) is 10.0 Å². The summed E-state index contributed by atoms with van der Waals surface area (Å²) in [6.45, 7) is 0.644. The summed E-state index contributed by atoms with van der Waals surface area (Å²) in [5, 5.41) is 8.69. The van der Waals surface area contributed by atoms with E-state index in [1.54, 1.807) is 14.2 Å². The highest BCUT2D eigenvalue weighted by molar-refractivity contribution is 9.10. The molecule has 1 atom stereocenters. The fraction of sp³-hybridized carbons (Fsp3) is 0.467. The molecule has 108 valence electrons. The standard InChI is InChI=1S/C15H19BrN2O2/c1-18(8-7-17)15(19)13(6-9-20-2)10-12-4-3-5-14(16)11-12/h3-5,11,13H,6,8-10H2,1-2H3/t13-/m1/s1. The van der Waals surface area contributed by atoms with Gasteiger partial charge in [-0.15, -0.1) is 0 Å². The minimum atomic E-state index is -0.164. The van der Waals surface area contributed by atoms with Crippen molar-refractivity contribution in [3.8, 4) is 6.07 Å². The van der Waals surface area contributed by atoms with Crippen LogP contribution in [0.3, 0.4) is 0 Å². The first-order valence-corrected chi connectivity index (χ1v) is 7.23. The van der Waals surface area contributed by atoms with Crippen LogP contribution in [0.1, 0.15) is 12.0 Å². The van der Waals surface area contributed by atoms with Crippen molar-refractivity contribution in [2.45, 2.75) is 12.8 Å². The number of nitrogens with zero attached hydrogens (tertiary/aromatic N) is 2. The quantitative estimate of drug-likeness (QED) is 0.718. The highest BCUT2D eigenvalue weighted by Crippen LogP contribution is 2.18. The zero-order chi connectivity index (χ0) is 15.0. The summed E-state index contributed by atoms with van der Waals surface area (Å²) >= 11 is 3.43. The van der Waals surface area contributed by atoms with Crippen molar-refractivity contribution in [2.75, 3.05) is 27.3 Å². The van der Waals surface area contributed by atoms with Gasteiger partial charge < -0.3 is 9.64 Å². The molecule has 1 aromatic rings. The molecule has 0 unspecified atom stereocenters. The first-order valence-electron chi connectivity index (χ1n) is 6.43. The molecule has 5 heteroatoms. The number of rotatable bonds is 7. The van der Waals surface area contributed by atoms with E-state index in [1.807, 2.05) is 30.3 Å². The molecule has 0 fully saturated rings. The second-order valence-electron chi connectivity index (χ2n) is 4.66. The Kier molecular flexibility index (Phi) is 7.27. The van der Waals surface area contributed by atoms with Crippen LogP contribution in [0.4, 0.5) is 0 Å². The normalized spacial score (nSPS) is 11.7. The summed E-state index contributed by atoms with van der Waals surface area (Å²) in [5.74, 6) is -0.175. The van der Waals surface area contributed by atoms with Crippen LogP contribution in [0.2, 0.25) is 0 Å². The van der Waals surface area contributed by atoms with Crippen molar-refractivity contribution >= 4 is 21.8 Å². The van der Waals surface area contributed by atoms with Crippen LogP contribution in [-0.4, -0.2) is 38.1 Å². The molecule has 20 heavy (non-hydrogen) atoms. The molecule has 0 bridgehead atoms. The molecule has 0 aliphatic carbocycles. The fourth-order valence-electron chi connectivity index (χ4n) is 2.02. The van der Waals surface area contributed by atoms with Crippen LogP contribution in [0.5, 0.6) is 0 Å². The number of methoxy groups -OCH3 is 1. The third-order valence-electron chi connectivity index (χ3n) is 3.07. The number of ether oxygens (including phenoxy) is 1. The maximum atomic E-state index is 12.3. The molecule has 0 N–H and O–H groups in total. The number of carbonyl (C=O) groups excluding carboxylic acids is 1. The fourth-order valence-corrected chi connectivity index (χ4v) is 2.46. The van der Waals surface area contributed by atoms with Crippen LogP contribution in [0.15, 0.2) is 28.7 Å². The predicted molar refractivity (Wildman–Crippen MR) is 81.1 cm³/mol. The Morgan fingerprint density at radius 3 is 2.90 bits per heavy atom. The summed E-state index contributed by atoms with van der Waals surface area (Å²) in [4.78, 5) is 13.8. The second-order valence-corrected chi connectivity index (χ2v) is 5.58. The van der Waals surface area contributed by atoms with Crippen molar-refractivity contribution in [1.29, 1.82) is 5.26 Å². The average Bonchev–Trinajstić information content (AvgIpc) is 2.43. The average molecular weight is 339 g/mol.